The average molecular weight is 1090 g/mol. The van der Waals surface area contributed by atoms with E-state index in [0.29, 0.717) is 83.9 Å². The lowest BCUT2D eigenvalue weighted by Crippen LogP contribution is -2.49. The molecule has 24 atom stereocenters. The fourth-order valence-corrected chi connectivity index (χ4v) is 18.7. The van der Waals surface area contributed by atoms with Crippen LogP contribution in [0.5, 0.6) is 0 Å². The molecule has 8 saturated carbocycles. The molecule has 24 unspecified atom stereocenters. The van der Waals surface area contributed by atoms with Gasteiger partial charge in [0.15, 0.2) is 6.61 Å². The van der Waals surface area contributed by atoms with Crippen LogP contribution in [-0.4, -0.2) is 81.9 Å². The minimum absolute atomic E-state index is 0.0875. The number of esters is 8. The van der Waals surface area contributed by atoms with Gasteiger partial charge < -0.3 is 33.5 Å². The highest BCUT2D eigenvalue weighted by atomic mass is 16.6. The van der Waals surface area contributed by atoms with Crippen molar-refractivity contribution in [3.63, 3.8) is 0 Å². The maximum atomic E-state index is 13.2. The van der Waals surface area contributed by atoms with Crippen molar-refractivity contribution in [1.82, 2.24) is 0 Å². The summed E-state index contributed by atoms with van der Waals surface area (Å²) in [5.74, 6) is 3.24. The molecule has 0 aromatic heterocycles. The first kappa shape index (κ1) is 60.2. The molecule has 15 heteroatoms. The number of rotatable bonds is 14. The van der Waals surface area contributed by atoms with Gasteiger partial charge in [0, 0.05) is 0 Å². The quantitative estimate of drug-likeness (QED) is 0.0742. The van der Waals surface area contributed by atoms with Crippen LogP contribution in [0, 0.1) is 136 Å². The summed E-state index contributed by atoms with van der Waals surface area (Å²) in [6.07, 6.45) is 9.02. The molecule has 0 aromatic carbocycles. The lowest BCUT2D eigenvalue weighted by molar-refractivity contribution is -0.175. The Kier molecular flexibility index (Phi) is 16.6. The Labute approximate surface area is 464 Å². The SMILES string of the molecule is CC1C(=O)OC(=O)C1C1C(C)C2CC1C1C2C2CC1C(C)(C(=O)OCC(=O)OC(C)(C)C)C2.CC1C(=O)OC(=O)C1C1C(C)C2CC1C1C2C2CC1C(C)(O)C2.CCC(C)C(=O)OC(C)(C)CCC(C)(C)OC(=O)C(C)CC. The van der Waals surface area contributed by atoms with Crippen LogP contribution in [0.2, 0.25) is 0 Å². The highest BCUT2D eigenvalue weighted by Crippen LogP contribution is 2.76. The van der Waals surface area contributed by atoms with E-state index in [-0.39, 0.29) is 89.8 Å². The smallest absolute Gasteiger partial charge is 0.344 e. The zero-order valence-electron chi connectivity index (χ0n) is 50.1. The predicted octanol–water partition coefficient (Wildman–Crippen LogP) is 10.1. The monoisotopic (exact) mass is 1090 g/mol. The summed E-state index contributed by atoms with van der Waals surface area (Å²) in [6, 6.07) is 0. The van der Waals surface area contributed by atoms with Crippen molar-refractivity contribution in [2.24, 2.45) is 136 Å². The number of fused-ring (bicyclic) bond motifs is 18. The van der Waals surface area contributed by atoms with Crippen LogP contribution in [0.1, 0.15) is 182 Å². The summed E-state index contributed by atoms with van der Waals surface area (Å²) >= 11 is 0. The Morgan fingerprint density at radius 1 is 0.577 bits per heavy atom. The molecule has 438 valence electrons. The van der Waals surface area contributed by atoms with E-state index in [4.69, 9.17) is 28.4 Å². The number of hydrogen-bond donors (Lipinski definition) is 1. The number of carbonyl (C=O) groups excluding carboxylic acids is 8. The van der Waals surface area contributed by atoms with Crippen LogP contribution in [0.25, 0.3) is 0 Å². The van der Waals surface area contributed by atoms with Crippen molar-refractivity contribution in [1.29, 1.82) is 0 Å². The fourth-order valence-electron chi connectivity index (χ4n) is 18.7. The number of aliphatic hydroxyl groups is 1. The number of carbonyl (C=O) groups is 8. The van der Waals surface area contributed by atoms with Gasteiger partial charge in [0.25, 0.3) is 0 Å². The van der Waals surface area contributed by atoms with Gasteiger partial charge in [-0.05, 0) is 221 Å². The normalized spacial score (nSPS) is 42.9. The molecular weight excluding hydrogens is 997 g/mol. The summed E-state index contributed by atoms with van der Waals surface area (Å²) in [6.45, 7) is 32.5. The van der Waals surface area contributed by atoms with Crippen LogP contribution in [-0.2, 0) is 66.8 Å². The third-order valence-electron chi connectivity index (χ3n) is 22.5. The highest BCUT2D eigenvalue weighted by Gasteiger charge is 2.74. The van der Waals surface area contributed by atoms with Gasteiger partial charge in [0.2, 0.25) is 0 Å². The molecule has 78 heavy (non-hydrogen) atoms. The Morgan fingerprint density at radius 2 is 0.987 bits per heavy atom. The Hall–Kier alpha value is -3.88. The molecular formula is C63H96O15. The Balaban J connectivity index is 0.000000159. The maximum Gasteiger partial charge on any atom is 0.344 e. The highest BCUT2D eigenvalue weighted by molar-refractivity contribution is 5.97. The lowest BCUT2D eigenvalue weighted by Gasteiger charge is -2.48. The number of ether oxygens (including phenoxy) is 6. The van der Waals surface area contributed by atoms with E-state index in [1.54, 1.807) is 20.8 Å². The van der Waals surface area contributed by atoms with E-state index in [0.717, 1.165) is 44.4 Å². The second-order valence-corrected chi connectivity index (χ2v) is 29.4. The first-order valence-electron chi connectivity index (χ1n) is 30.2. The van der Waals surface area contributed by atoms with E-state index in [2.05, 4.69) is 13.8 Å². The molecule has 2 saturated heterocycles. The minimum Gasteiger partial charge on any atom is -0.459 e. The van der Waals surface area contributed by atoms with Crippen molar-refractivity contribution < 1.29 is 71.9 Å². The van der Waals surface area contributed by atoms with Crippen molar-refractivity contribution in [2.45, 2.75) is 204 Å². The summed E-state index contributed by atoms with van der Waals surface area (Å²) in [7, 11) is 0. The molecule has 15 nitrogen and oxygen atoms in total. The van der Waals surface area contributed by atoms with Crippen molar-refractivity contribution in [2.75, 3.05) is 6.61 Å². The predicted molar refractivity (Wildman–Crippen MR) is 286 cm³/mol. The average Bonchev–Trinajstić information content (AvgIpc) is 3.85. The minimum atomic E-state index is -0.623. The van der Waals surface area contributed by atoms with Gasteiger partial charge in [-0.2, -0.15) is 0 Å². The van der Waals surface area contributed by atoms with Gasteiger partial charge in [-0.1, -0.05) is 55.4 Å². The van der Waals surface area contributed by atoms with Crippen molar-refractivity contribution in [3.8, 4) is 0 Å². The second-order valence-electron chi connectivity index (χ2n) is 29.4. The van der Waals surface area contributed by atoms with E-state index < -0.39 is 45.7 Å². The van der Waals surface area contributed by atoms with Crippen LogP contribution >= 0.6 is 0 Å². The van der Waals surface area contributed by atoms with Crippen LogP contribution < -0.4 is 0 Å². The Morgan fingerprint density at radius 3 is 1.38 bits per heavy atom. The summed E-state index contributed by atoms with van der Waals surface area (Å²) in [5, 5.41) is 10.8. The topological polar surface area (TPSA) is 212 Å². The third-order valence-corrected chi connectivity index (χ3v) is 22.5. The van der Waals surface area contributed by atoms with Crippen LogP contribution in [0.3, 0.4) is 0 Å². The number of hydrogen-bond acceptors (Lipinski definition) is 15. The van der Waals surface area contributed by atoms with E-state index >= 15 is 0 Å². The van der Waals surface area contributed by atoms with Gasteiger partial charge in [-0.25, -0.2) is 4.79 Å². The van der Waals surface area contributed by atoms with Crippen molar-refractivity contribution in [3.05, 3.63) is 0 Å². The zero-order valence-corrected chi connectivity index (χ0v) is 50.1. The van der Waals surface area contributed by atoms with E-state index in [9.17, 15) is 43.5 Å². The van der Waals surface area contributed by atoms with E-state index in [1.165, 1.54) is 12.8 Å². The summed E-state index contributed by atoms with van der Waals surface area (Å²) < 4.78 is 31.9. The van der Waals surface area contributed by atoms with Gasteiger partial charge in [-0.15, -0.1) is 0 Å². The maximum absolute atomic E-state index is 13.2. The van der Waals surface area contributed by atoms with Crippen molar-refractivity contribution >= 4 is 47.8 Å². The first-order valence-corrected chi connectivity index (χ1v) is 30.2. The molecule has 0 radical (unpaired) electrons. The van der Waals surface area contributed by atoms with E-state index in [1.807, 2.05) is 83.1 Å². The molecule has 0 spiro atoms. The third kappa shape index (κ3) is 10.9. The molecule has 8 bridgehead atoms. The lowest BCUT2D eigenvalue weighted by atomic mass is 9.55. The van der Waals surface area contributed by atoms with Crippen LogP contribution in [0.15, 0.2) is 0 Å². The van der Waals surface area contributed by atoms with Crippen LogP contribution in [0.4, 0.5) is 0 Å². The molecule has 0 aromatic rings. The van der Waals surface area contributed by atoms with Gasteiger partial charge in [0.05, 0.1) is 46.5 Å². The molecule has 10 aliphatic rings. The molecule has 10 fully saturated rings. The summed E-state index contributed by atoms with van der Waals surface area (Å²) in [4.78, 5) is 97.9. The Bertz CT molecular complexity index is 2330. The first-order chi connectivity index (χ1) is 36.1. The molecule has 2 heterocycles. The molecule has 10 rings (SSSR count). The largest absolute Gasteiger partial charge is 0.459 e. The standard InChI is InChI=1S/C26H36O7.C19H26O4.C18H34O4/c1-11-14-8-15(18(11)19-12(2)22(28)32-23(19)29)21-16-7-13(20(14)21)9-26(16,6)24(30)31-10-17(27)33-25(3,4)5;1-7-10-5-11(13(7)14-8(2)17(20)23-18(14)21)16-12-4-9(15(10)16)6-19(12,3)22;1-9-13(3)15(19)21-17(5,6)11-12-18(7,8)22-16(20)14(4)10-2/h11-16,18-21H,7-10H2,1-6H3;7-16,22H,4-6H2,1-3H3;13-14H,9-12H2,1-8H3. The fraction of sp³-hybridized carbons (Fsp3) is 0.873. The molecule has 8 aliphatic carbocycles. The van der Waals surface area contributed by atoms with Gasteiger partial charge >= 0.3 is 47.8 Å². The second kappa shape index (κ2) is 21.5. The van der Waals surface area contributed by atoms with Gasteiger partial charge in [0.1, 0.15) is 16.8 Å². The zero-order chi connectivity index (χ0) is 57.8. The summed E-state index contributed by atoms with van der Waals surface area (Å²) in [5.41, 5.74) is -2.88. The van der Waals surface area contributed by atoms with Gasteiger partial charge in [-0.3, -0.25) is 33.6 Å². The molecule has 0 amide bonds. The number of cyclic esters (lactones) is 4. The molecule has 2 aliphatic heterocycles. The molecule has 1 N–H and O–H groups in total.